The summed E-state index contributed by atoms with van der Waals surface area (Å²) in [6, 6.07) is 8.20. The van der Waals surface area contributed by atoms with Gasteiger partial charge in [-0.1, -0.05) is 12.1 Å². The quantitative estimate of drug-likeness (QED) is 0.836. The summed E-state index contributed by atoms with van der Waals surface area (Å²) in [5, 5.41) is 0. The van der Waals surface area contributed by atoms with Gasteiger partial charge in [-0.2, -0.15) is 0 Å². The Labute approximate surface area is 145 Å². The summed E-state index contributed by atoms with van der Waals surface area (Å²) in [6.45, 7) is 4.88. The van der Waals surface area contributed by atoms with Crippen LogP contribution in [0.5, 0.6) is 0 Å². The van der Waals surface area contributed by atoms with E-state index in [0.717, 1.165) is 57.8 Å². The van der Waals surface area contributed by atoms with Crippen molar-refractivity contribution in [1.29, 1.82) is 0 Å². The highest BCUT2D eigenvalue weighted by Gasteiger charge is 2.22. The fraction of sp³-hybridized carbons (Fsp3) is 0.667. The first-order chi connectivity index (χ1) is 10.8. The van der Waals surface area contributed by atoms with Gasteiger partial charge in [0.2, 0.25) is 0 Å². The van der Waals surface area contributed by atoms with Crippen LogP contribution in [0.1, 0.15) is 37.7 Å². The lowest BCUT2D eigenvalue weighted by atomic mass is 10.1. The number of likely N-dealkylation sites (tertiary alicyclic amines) is 1. The van der Waals surface area contributed by atoms with E-state index in [9.17, 15) is 0 Å². The van der Waals surface area contributed by atoms with Crippen molar-refractivity contribution in [1.82, 2.24) is 4.90 Å². The standard InChI is InChI=1S/C18H28N2O2.ClH/c19-16-5-3-4-15(12-16)13-20-9-7-17(8-10-20)22-14-18-6-1-2-11-21-18;/h3-5,12,17-18H,1-2,6-11,13-14,19H2;1H. The molecule has 5 heteroatoms. The van der Waals surface area contributed by atoms with Gasteiger partial charge >= 0.3 is 0 Å². The zero-order chi connectivity index (χ0) is 15.2. The molecule has 0 radical (unpaired) electrons. The molecule has 1 aromatic rings. The zero-order valence-corrected chi connectivity index (χ0v) is 14.6. The molecule has 2 fully saturated rings. The van der Waals surface area contributed by atoms with Crippen molar-refractivity contribution < 1.29 is 9.47 Å². The van der Waals surface area contributed by atoms with E-state index < -0.39 is 0 Å². The molecule has 2 aliphatic rings. The maximum Gasteiger partial charge on any atom is 0.0808 e. The number of anilines is 1. The molecular weight excluding hydrogens is 312 g/mol. The normalized spacial score (nSPS) is 23.4. The van der Waals surface area contributed by atoms with E-state index in [4.69, 9.17) is 15.2 Å². The van der Waals surface area contributed by atoms with Crippen molar-refractivity contribution in [3.8, 4) is 0 Å². The van der Waals surface area contributed by atoms with Crippen molar-refractivity contribution in [2.45, 2.75) is 50.9 Å². The lowest BCUT2D eigenvalue weighted by molar-refractivity contribution is -0.0753. The third-order valence-electron chi connectivity index (χ3n) is 4.68. The van der Waals surface area contributed by atoms with Crippen LogP contribution in [0, 0.1) is 0 Å². The average Bonchev–Trinajstić information content (AvgIpc) is 2.55. The molecule has 0 aromatic heterocycles. The van der Waals surface area contributed by atoms with Gasteiger partial charge in [-0.05, 0) is 49.8 Å². The van der Waals surface area contributed by atoms with Gasteiger partial charge in [-0.25, -0.2) is 0 Å². The van der Waals surface area contributed by atoms with E-state index in [1.807, 2.05) is 12.1 Å². The van der Waals surface area contributed by atoms with Crippen molar-refractivity contribution in [3.05, 3.63) is 29.8 Å². The summed E-state index contributed by atoms with van der Waals surface area (Å²) in [6.07, 6.45) is 6.63. The van der Waals surface area contributed by atoms with Crippen LogP contribution < -0.4 is 5.73 Å². The number of piperidine rings is 1. The second-order valence-electron chi connectivity index (χ2n) is 6.54. The predicted octanol–water partition coefficient (Wildman–Crippen LogP) is 3.24. The van der Waals surface area contributed by atoms with E-state index in [-0.39, 0.29) is 12.4 Å². The predicted molar refractivity (Wildman–Crippen MR) is 95.9 cm³/mol. The highest BCUT2D eigenvalue weighted by Crippen LogP contribution is 2.19. The number of halogens is 1. The molecule has 130 valence electrons. The number of benzene rings is 1. The van der Waals surface area contributed by atoms with Crippen molar-refractivity contribution >= 4 is 18.1 Å². The molecule has 0 bridgehead atoms. The van der Waals surface area contributed by atoms with E-state index in [0.29, 0.717) is 12.2 Å². The fourth-order valence-electron chi connectivity index (χ4n) is 3.37. The summed E-state index contributed by atoms with van der Waals surface area (Å²) in [7, 11) is 0. The Morgan fingerprint density at radius 2 is 2.00 bits per heavy atom. The SMILES string of the molecule is Cl.Nc1cccc(CN2CCC(OCC3CCCCO3)CC2)c1. The second kappa shape index (κ2) is 9.48. The Bertz CT molecular complexity index is 458. The minimum absolute atomic E-state index is 0. The number of nitrogens with zero attached hydrogens (tertiary/aromatic N) is 1. The molecule has 0 saturated carbocycles. The van der Waals surface area contributed by atoms with Gasteiger partial charge in [-0.15, -0.1) is 12.4 Å². The summed E-state index contributed by atoms with van der Waals surface area (Å²) < 4.78 is 11.8. The van der Waals surface area contributed by atoms with Crippen LogP contribution in [0.4, 0.5) is 5.69 Å². The van der Waals surface area contributed by atoms with Crippen LogP contribution in [-0.4, -0.2) is 43.4 Å². The maximum absolute atomic E-state index is 6.07. The molecule has 1 unspecified atom stereocenters. The number of nitrogen functional groups attached to an aromatic ring is 1. The highest BCUT2D eigenvalue weighted by atomic mass is 35.5. The number of hydrogen-bond acceptors (Lipinski definition) is 4. The topological polar surface area (TPSA) is 47.7 Å². The number of ether oxygens (including phenoxy) is 2. The van der Waals surface area contributed by atoms with E-state index in [1.54, 1.807) is 0 Å². The van der Waals surface area contributed by atoms with Crippen LogP contribution in [0.2, 0.25) is 0 Å². The van der Waals surface area contributed by atoms with Crippen molar-refractivity contribution in [2.24, 2.45) is 0 Å². The molecule has 2 aliphatic heterocycles. The monoisotopic (exact) mass is 340 g/mol. The Morgan fingerprint density at radius 1 is 1.17 bits per heavy atom. The maximum atomic E-state index is 6.07. The first kappa shape index (κ1) is 18.5. The molecule has 0 amide bonds. The first-order valence-corrected chi connectivity index (χ1v) is 8.59. The fourth-order valence-corrected chi connectivity index (χ4v) is 3.37. The Hall–Kier alpha value is -0.810. The third-order valence-corrected chi connectivity index (χ3v) is 4.68. The number of rotatable bonds is 5. The largest absolute Gasteiger partial charge is 0.399 e. The molecule has 4 nitrogen and oxygen atoms in total. The number of nitrogens with two attached hydrogens (primary N) is 1. The molecule has 2 heterocycles. The molecule has 23 heavy (non-hydrogen) atoms. The molecule has 0 aliphatic carbocycles. The zero-order valence-electron chi connectivity index (χ0n) is 13.8. The molecule has 2 saturated heterocycles. The smallest absolute Gasteiger partial charge is 0.0808 e. The van der Waals surface area contributed by atoms with Gasteiger partial charge in [0.1, 0.15) is 0 Å². The van der Waals surface area contributed by atoms with E-state index in [1.165, 1.54) is 18.4 Å². The van der Waals surface area contributed by atoms with Crippen LogP contribution in [0.25, 0.3) is 0 Å². The lowest BCUT2D eigenvalue weighted by Crippen LogP contribution is -2.38. The molecule has 2 N–H and O–H groups in total. The molecule has 3 rings (SSSR count). The average molecular weight is 341 g/mol. The summed E-state index contributed by atoms with van der Waals surface area (Å²) in [4.78, 5) is 2.49. The Kier molecular flexibility index (Phi) is 7.63. The minimum Gasteiger partial charge on any atom is -0.399 e. The molecular formula is C18H29ClN2O2. The summed E-state index contributed by atoms with van der Waals surface area (Å²) in [5.74, 6) is 0. The molecule has 0 spiro atoms. The van der Waals surface area contributed by atoms with Crippen LogP contribution in [-0.2, 0) is 16.0 Å². The van der Waals surface area contributed by atoms with Gasteiger partial charge in [-0.3, -0.25) is 4.90 Å². The Balaban J connectivity index is 0.00000192. The lowest BCUT2D eigenvalue weighted by Gasteiger charge is -2.33. The van der Waals surface area contributed by atoms with Gasteiger partial charge in [0.05, 0.1) is 18.8 Å². The highest BCUT2D eigenvalue weighted by molar-refractivity contribution is 5.85. The molecule has 1 atom stereocenters. The van der Waals surface area contributed by atoms with Gasteiger partial charge < -0.3 is 15.2 Å². The third kappa shape index (κ3) is 5.96. The Morgan fingerprint density at radius 3 is 2.70 bits per heavy atom. The number of hydrogen-bond donors (Lipinski definition) is 1. The molecule has 1 aromatic carbocycles. The first-order valence-electron chi connectivity index (χ1n) is 8.59. The summed E-state index contributed by atoms with van der Waals surface area (Å²) >= 11 is 0. The minimum atomic E-state index is 0. The second-order valence-corrected chi connectivity index (χ2v) is 6.54. The van der Waals surface area contributed by atoms with Crippen LogP contribution in [0.15, 0.2) is 24.3 Å². The van der Waals surface area contributed by atoms with E-state index >= 15 is 0 Å². The van der Waals surface area contributed by atoms with Crippen LogP contribution in [0.3, 0.4) is 0 Å². The van der Waals surface area contributed by atoms with Gasteiger partial charge in [0, 0.05) is 31.9 Å². The van der Waals surface area contributed by atoms with E-state index in [2.05, 4.69) is 17.0 Å². The van der Waals surface area contributed by atoms with Crippen molar-refractivity contribution in [2.75, 3.05) is 32.0 Å². The summed E-state index contributed by atoms with van der Waals surface area (Å²) in [5.41, 5.74) is 8.00. The van der Waals surface area contributed by atoms with Crippen LogP contribution >= 0.6 is 12.4 Å². The van der Waals surface area contributed by atoms with Gasteiger partial charge in [0.25, 0.3) is 0 Å². The van der Waals surface area contributed by atoms with Gasteiger partial charge in [0.15, 0.2) is 0 Å². The van der Waals surface area contributed by atoms with Crippen molar-refractivity contribution in [3.63, 3.8) is 0 Å².